The maximum Gasteiger partial charge on any atom is 0.253 e. The van der Waals surface area contributed by atoms with Crippen molar-refractivity contribution in [3.8, 4) is 0 Å². The minimum absolute atomic E-state index is 0.163. The summed E-state index contributed by atoms with van der Waals surface area (Å²) in [7, 11) is 1.70. The molecular formula is C16H22ClN3O2. The summed E-state index contributed by atoms with van der Waals surface area (Å²) in [4.78, 5) is 24.0. The first kappa shape index (κ1) is 16.8. The molecular weight excluding hydrogens is 302 g/mol. The van der Waals surface area contributed by atoms with E-state index in [2.05, 4.69) is 16.0 Å². The van der Waals surface area contributed by atoms with E-state index in [1.807, 2.05) is 0 Å². The van der Waals surface area contributed by atoms with Crippen molar-refractivity contribution in [1.82, 2.24) is 10.6 Å². The molecule has 120 valence electrons. The van der Waals surface area contributed by atoms with Gasteiger partial charge in [-0.05, 0) is 38.1 Å². The Labute approximate surface area is 135 Å². The Balaban J connectivity index is 2.05. The average molecular weight is 324 g/mol. The van der Waals surface area contributed by atoms with Gasteiger partial charge >= 0.3 is 0 Å². The Morgan fingerprint density at radius 3 is 2.64 bits per heavy atom. The maximum absolute atomic E-state index is 12.4. The number of hydrogen-bond donors (Lipinski definition) is 3. The number of anilines is 1. The fourth-order valence-corrected chi connectivity index (χ4v) is 2.86. The lowest BCUT2D eigenvalue weighted by atomic mass is 9.95. The van der Waals surface area contributed by atoms with Gasteiger partial charge in [0.1, 0.15) is 0 Å². The highest BCUT2D eigenvalue weighted by Gasteiger charge is 2.18. The number of benzene rings is 1. The Morgan fingerprint density at radius 2 is 1.95 bits per heavy atom. The van der Waals surface area contributed by atoms with E-state index in [-0.39, 0.29) is 24.4 Å². The second-order valence-electron chi connectivity index (χ2n) is 5.58. The minimum Gasteiger partial charge on any atom is -0.349 e. The first-order chi connectivity index (χ1) is 10.6. The monoisotopic (exact) mass is 323 g/mol. The van der Waals surface area contributed by atoms with Gasteiger partial charge in [-0.3, -0.25) is 9.59 Å². The highest BCUT2D eigenvalue weighted by atomic mass is 35.5. The molecule has 1 aliphatic rings. The summed E-state index contributed by atoms with van der Waals surface area (Å²) in [5, 5.41) is 8.92. The molecule has 0 saturated heterocycles. The number of amides is 2. The third-order valence-corrected chi connectivity index (χ3v) is 4.10. The van der Waals surface area contributed by atoms with E-state index < -0.39 is 0 Å². The fourth-order valence-electron chi connectivity index (χ4n) is 2.65. The number of halogens is 1. The Hall–Kier alpha value is -1.59. The van der Waals surface area contributed by atoms with Gasteiger partial charge in [0, 0.05) is 11.7 Å². The molecule has 0 atom stereocenters. The molecule has 2 amide bonds. The quantitative estimate of drug-likeness (QED) is 0.780. The standard InChI is InChI=1S/C16H22ClN3O2/c1-18-10-15(21)19-12-7-8-14(17)13(9-12)16(22)20-11-5-3-2-4-6-11/h7-9,11,18H,2-6,10H2,1H3,(H,19,21)(H,20,22). The molecule has 1 aliphatic carbocycles. The van der Waals surface area contributed by atoms with Crippen molar-refractivity contribution in [2.24, 2.45) is 0 Å². The van der Waals surface area contributed by atoms with Crippen LogP contribution < -0.4 is 16.0 Å². The molecule has 0 heterocycles. The third-order valence-electron chi connectivity index (χ3n) is 3.77. The molecule has 0 radical (unpaired) electrons. The van der Waals surface area contributed by atoms with Crippen LogP contribution in [0.15, 0.2) is 18.2 Å². The average Bonchev–Trinajstić information content (AvgIpc) is 2.50. The molecule has 0 aliphatic heterocycles. The molecule has 3 N–H and O–H groups in total. The zero-order valence-corrected chi connectivity index (χ0v) is 13.5. The number of hydrogen-bond acceptors (Lipinski definition) is 3. The van der Waals surface area contributed by atoms with E-state index in [0.29, 0.717) is 16.3 Å². The summed E-state index contributed by atoms with van der Waals surface area (Å²) in [6.45, 7) is 0.215. The van der Waals surface area contributed by atoms with Gasteiger partial charge in [-0.15, -0.1) is 0 Å². The van der Waals surface area contributed by atoms with Gasteiger partial charge in [0.05, 0.1) is 17.1 Å². The molecule has 0 aromatic heterocycles. The molecule has 1 fully saturated rings. The number of carbonyl (C=O) groups excluding carboxylic acids is 2. The summed E-state index contributed by atoms with van der Waals surface area (Å²) in [6.07, 6.45) is 5.57. The summed E-state index contributed by atoms with van der Waals surface area (Å²) in [5.74, 6) is -0.343. The molecule has 0 spiro atoms. The van der Waals surface area contributed by atoms with Crippen LogP contribution in [0, 0.1) is 0 Å². The van der Waals surface area contributed by atoms with Crippen molar-refractivity contribution in [2.45, 2.75) is 38.1 Å². The van der Waals surface area contributed by atoms with Crippen LogP contribution in [0.5, 0.6) is 0 Å². The zero-order chi connectivity index (χ0) is 15.9. The summed E-state index contributed by atoms with van der Waals surface area (Å²) in [6, 6.07) is 5.16. The summed E-state index contributed by atoms with van der Waals surface area (Å²) in [5.41, 5.74) is 0.966. The molecule has 1 aromatic carbocycles. The van der Waals surface area contributed by atoms with Crippen molar-refractivity contribution < 1.29 is 9.59 Å². The highest BCUT2D eigenvalue weighted by Crippen LogP contribution is 2.22. The zero-order valence-electron chi connectivity index (χ0n) is 12.7. The van der Waals surface area contributed by atoms with Crippen LogP contribution in [0.2, 0.25) is 5.02 Å². The van der Waals surface area contributed by atoms with E-state index in [1.54, 1.807) is 25.2 Å². The maximum atomic E-state index is 12.4. The Kier molecular flexibility index (Phi) is 6.21. The summed E-state index contributed by atoms with van der Waals surface area (Å²) >= 11 is 6.12. The molecule has 5 nitrogen and oxygen atoms in total. The van der Waals surface area contributed by atoms with Crippen molar-refractivity contribution in [3.05, 3.63) is 28.8 Å². The van der Waals surface area contributed by atoms with Crippen LogP contribution in [0.4, 0.5) is 5.69 Å². The van der Waals surface area contributed by atoms with Crippen molar-refractivity contribution in [2.75, 3.05) is 18.9 Å². The lowest BCUT2D eigenvalue weighted by molar-refractivity contribution is -0.115. The van der Waals surface area contributed by atoms with Gasteiger partial charge in [-0.25, -0.2) is 0 Å². The fraction of sp³-hybridized carbons (Fsp3) is 0.500. The molecule has 1 aromatic rings. The van der Waals surface area contributed by atoms with E-state index in [4.69, 9.17) is 11.6 Å². The Bertz CT molecular complexity index is 542. The van der Waals surface area contributed by atoms with E-state index in [9.17, 15) is 9.59 Å². The highest BCUT2D eigenvalue weighted by molar-refractivity contribution is 6.34. The van der Waals surface area contributed by atoms with Crippen LogP contribution in [-0.4, -0.2) is 31.4 Å². The number of likely N-dealkylation sites (N-methyl/N-ethyl adjacent to an activating group) is 1. The number of nitrogens with one attached hydrogen (secondary N) is 3. The predicted molar refractivity (Wildman–Crippen MR) is 88.3 cm³/mol. The summed E-state index contributed by atoms with van der Waals surface area (Å²) < 4.78 is 0. The molecule has 1 saturated carbocycles. The SMILES string of the molecule is CNCC(=O)Nc1ccc(Cl)c(C(=O)NC2CCCCC2)c1. The second kappa shape index (κ2) is 8.15. The first-order valence-electron chi connectivity index (χ1n) is 7.65. The van der Waals surface area contributed by atoms with E-state index in [1.165, 1.54) is 6.42 Å². The van der Waals surface area contributed by atoms with Crippen LogP contribution in [-0.2, 0) is 4.79 Å². The molecule has 22 heavy (non-hydrogen) atoms. The number of carbonyl (C=O) groups is 2. The van der Waals surface area contributed by atoms with Crippen LogP contribution in [0.25, 0.3) is 0 Å². The molecule has 2 rings (SSSR count). The second-order valence-corrected chi connectivity index (χ2v) is 5.99. The lowest BCUT2D eigenvalue weighted by Gasteiger charge is -2.23. The van der Waals surface area contributed by atoms with Gasteiger partial charge in [0.15, 0.2) is 0 Å². The van der Waals surface area contributed by atoms with E-state index >= 15 is 0 Å². The Morgan fingerprint density at radius 1 is 1.23 bits per heavy atom. The first-order valence-corrected chi connectivity index (χ1v) is 8.03. The minimum atomic E-state index is -0.179. The van der Waals surface area contributed by atoms with Gasteiger partial charge in [0.2, 0.25) is 5.91 Å². The van der Waals surface area contributed by atoms with Crippen LogP contribution in [0.3, 0.4) is 0 Å². The normalized spacial score (nSPS) is 15.4. The number of rotatable bonds is 5. The van der Waals surface area contributed by atoms with Crippen molar-refractivity contribution in [3.63, 3.8) is 0 Å². The lowest BCUT2D eigenvalue weighted by Crippen LogP contribution is -2.36. The molecule has 6 heteroatoms. The van der Waals surface area contributed by atoms with Gasteiger partial charge < -0.3 is 16.0 Å². The largest absolute Gasteiger partial charge is 0.349 e. The van der Waals surface area contributed by atoms with Gasteiger partial charge in [-0.2, -0.15) is 0 Å². The van der Waals surface area contributed by atoms with E-state index in [0.717, 1.165) is 25.7 Å². The van der Waals surface area contributed by atoms with Crippen molar-refractivity contribution >= 4 is 29.1 Å². The van der Waals surface area contributed by atoms with Crippen LogP contribution in [0.1, 0.15) is 42.5 Å². The van der Waals surface area contributed by atoms with Gasteiger partial charge in [-0.1, -0.05) is 30.9 Å². The topological polar surface area (TPSA) is 70.2 Å². The molecule has 0 unspecified atom stereocenters. The predicted octanol–water partition coefficient (Wildman–Crippen LogP) is 2.56. The molecule has 0 bridgehead atoms. The smallest absolute Gasteiger partial charge is 0.253 e. The van der Waals surface area contributed by atoms with Gasteiger partial charge in [0.25, 0.3) is 5.91 Å². The van der Waals surface area contributed by atoms with Crippen molar-refractivity contribution in [1.29, 1.82) is 0 Å². The van der Waals surface area contributed by atoms with Crippen LogP contribution >= 0.6 is 11.6 Å². The third kappa shape index (κ3) is 4.71.